The van der Waals surface area contributed by atoms with Crippen molar-refractivity contribution in [1.82, 2.24) is 14.9 Å². The van der Waals surface area contributed by atoms with Crippen LogP contribution in [0.4, 0.5) is 0 Å². The summed E-state index contributed by atoms with van der Waals surface area (Å²) in [6, 6.07) is 5.89. The van der Waals surface area contributed by atoms with E-state index in [4.69, 9.17) is 16.3 Å². The van der Waals surface area contributed by atoms with Crippen molar-refractivity contribution in [3.05, 3.63) is 29.3 Å². The zero-order chi connectivity index (χ0) is 16.7. The van der Waals surface area contributed by atoms with Gasteiger partial charge in [0.05, 0.1) is 24.7 Å². The zero-order valence-electron chi connectivity index (χ0n) is 12.6. The number of nitrogens with zero attached hydrogens (tertiary/aromatic N) is 1. The Morgan fingerprint density at radius 2 is 1.83 bits per heavy atom. The van der Waals surface area contributed by atoms with Gasteiger partial charge in [-0.05, 0) is 24.3 Å². The number of nitrogens with one attached hydrogen (secondary N) is 2. The van der Waals surface area contributed by atoms with Gasteiger partial charge < -0.3 is 10.1 Å². The van der Waals surface area contributed by atoms with Gasteiger partial charge in [0.1, 0.15) is 0 Å². The van der Waals surface area contributed by atoms with Crippen molar-refractivity contribution >= 4 is 27.5 Å². The van der Waals surface area contributed by atoms with E-state index < -0.39 is 10.0 Å². The second-order valence-corrected chi connectivity index (χ2v) is 7.29. The second-order valence-electron chi connectivity index (χ2n) is 5.09. The van der Waals surface area contributed by atoms with E-state index >= 15 is 0 Å². The van der Waals surface area contributed by atoms with E-state index in [1.165, 1.54) is 24.3 Å². The maximum Gasteiger partial charge on any atom is 0.240 e. The predicted molar refractivity (Wildman–Crippen MR) is 86.9 cm³/mol. The molecular weight excluding hydrogens is 342 g/mol. The van der Waals surface area contributed by atoms with E-state index in [9.17, 15) is 13.2 Å². The lowest BCUT2D eigenvalue weighted by atomic mass is 10.4. The molecule has 0 aromatic heterocycles. The molecule has 1 heterocycles. The summed E-state index contributed by atoms with van der Waals surface area (Å²) in [4.78, 5) is 13.9. The number of amides is 1. The first-order chi connectivity index (χ1) is 11.0. The molecule has 1 aromatic carbocycles. The monoisotopic (exact) mass is 361 g/mol. The number of morpholine rings is 1. The molecule has 1 aliphatic rings. The highest BCUT2D eigenvalue weighted by atomic mass is 35.5. The Bertz CT molecular complexity index is 615. The van der Waals surface area contributed by atoms with Gasteiger partial charge in [-0.15, -0.1) is 0 Å². The zero-order valence-corrected chi connectivity index (χ0v) is 14.2. The van der Waals surface area contributed by atoms with Gasteiger partial charge in [-0.3, -0.25) is 9.69 Å². The van der Waals surface area contributed by atoms with E-state index in [-0.39, 0.29) is 23.9 Å². The van der Waals surface area contributed by atoms with Crippen LogP contribution in [0.1, 0.15) is 0 Å². The van der Waals surface area contributed by atoms with Gasteiger partial charge in [0.2, 0.25) is 15.9 Å². The molecule has 7 nitrogen and oxygen atoms in total. The molecule has 128 valence electrons. The normalized spacial score (nSPS) is 16.2. The smallest absolute Gasteiger partial charge is 0.240 e. The summed E-state index contributed by atoms with van der Waals surface area (Å²) < 4.78 is 31.7. The first kappa shape index (κ1) is 18.2. The van der Waals surface area contributed by atoms with Gasteiger partial charge in [-0.25, -0.2) is 13.1 Å². The quantitative estimate of drug-likeness (QED) is 0.671. The summed E-state index contributed by atoms with van der Waals surface area (Å²) in [6.45, 7) is 3.39. The number of carbonyl (C=O) groups is 1. The summed E-state index contributed by atoms with van der Waals surface area (Å²) in [7, 11) is -3.59. The Morgan fingerprint density at radius 3 is 2.48 bits per heavy atom. The highest BCUT2D eigenvalue weighted by Gasteiger charge is 2.15. The Balaban J connectivity index is 1.69. The number of halogens is 1. The van der Waals surface area contributed by atoms with Crippen molar-refractivity contribution in [2.45, 2.75) is 4.90 Å². The maximum absolute atomic E-state index is 12.0. The molecule has 1 aromatic rings. The minimum atomic E-state index is -3.59. The number of sulfonamides is 1. The molecular formula is C14H20ClN3O4S. The van der Waals surface area contributed by atoms with Gasteiger partial charge in [-0.2, -0.15) is 0 Å². The molecule has 0 unspecified atom stereocenters. The average molecular weight is 362 g/mol. The van der Waals surface area contributed by atoms with Crippen LogP contribution < -0.4 is 10.0 Å². The Kier molecular flexibility index (Phi) is 6.79. The number of benzene rings is 1. The molecule has 0 saturated carbocycles. The third-order valence-corrected chi connectivity index (χ3v) is 5.06. The van der Waals surface area contributed by atoms with E-state index in [0.717, 1.165) is 13.1 Å². The molecule has 1 aliphatic heterocycles. The summed E-state index contributed by atoms with van der Waals surface area (Å²) >= 11 is 5.73. The number of ether oxygens (including phenoxy) is 1. The van der Waals surface area contributed by atoms with Crippen LogP contribution in [0, 0.1) is 0 Å². The van der Waals surface area contributed by atoms with Crippen molar-refractivity contribution < 1.29 is 17.9 Å². The molecule has 0 spiro atoms. The van der Waals surface area contributed by atoms with Crippen LogP contribution in [0.2, 0.25) is 5.02 Å². The Labute approximate surface area is 141 Å². The average Bonchev–Trinajstić information content (AvgIpc) is 2.53. The Hall–Kier alpha value is -1.19. The van der Waals surface area contributed by atoms with Crippen LogP contribution in [-0.2, 0) is 19.6 Å². The molecule has 1 fully saturated rings. The molecule has 2 N–H and O–H groups in total. The van der Waals surface area contributed by atoms with Crippen LogP contribution in [0.3, 0.4) is 0 Å². The molecule has 0 aliphatic carbocycles. The molecule has 9 heteroatoms. The van der Waals surface area contributed by atoms with Crippen LogP contribution >= 0.6 is 11.6 Å². The lowest BCUT2D eigenvalue weighted by Gasteiger charge is -2.25. The fourth-order valence-corrected chi connectivity index (χ4v) is 3.26. The summed E-state index contributed by atoms with van der Waals surface area (Å²) in [5.74, 6) is -0.127. The number of hydrogen-bond donors (Lipinski definition) is 2. The minimum absolute atomic E-state index is 0.125. The third-order valence-electron chi connectivity index (χ3n) is 3.33. The molecule has 1 saturated heterocycles. The fraction of sp³-hybridized carbons (Fsp3) is 0.500. The molecule has 23 heavy (non-hydrogen) atoms. The topological polar surface area (TPSA) is 87.7 Å². The van der Waals surface area contributed by atoms with Gasteiger partial charge in [-0.1, -0.05) is 11.6 Å². The van der Waals surface area contributed by atoms with Crippen molar-refractivity contribution in [2.75, 3.05) is 45.9 Å². The second kappa shape index (κ2) is 8.60. The summed E-state index contributed by atoms with van der Waals surface area (Å²) in [5, 5.41) is 3.17. The third kappa shape index (κ3) is 6.08. The van der Waals surface area contributed by atoms with Gasteiger partial charge in [0.15, 0.2) is 0 Å². The van der Waals surface area contributed by atoms with E-state index in [2.05, 4.69) is 10.0 Å². The number of carbonyl (C=O) groups excluding carboxylic acids is 1. The molecule has 0 atom stereocenters. The first-order valence-electron chi connectivity index (χ1n) is 7.29. The maximum atomic E-state index is 12.0. The fourth-order valence-electron chi connectivity index (χ4n) is 2.10. The van der Waals surface area contributed by atoms with Crippen molar-refractivity contribution in [3.8, 4) is 0 Å². The number of rotatable bonds is 7. The summed E-state index contributed by atoms with van der Waals surface area (Å²) in [5.41, 5.74) is 0. The number of hydrogen-bond acceptors (Lipinski definition) is 5. The standard InChI is InChI=1S/C14H20ClN3O4S/c15-12-1-3-13(4-2-12)23(20,21)17-6-5-16-14(19)11-18-7-9-22-10-8-18/h1-4,17H,5-11H2,(H,16,19). The SMILES string of the molecule is O=C(CN1CCOCC1)NCCNS(=O)(=O)c1ccc(Cl)cc1. The van der Waals surface area contributed by atoms with Crippen molar-refractivity contribution in [2.24, 2.45) is 0 Å². The highest BCUT2D eigenvalue weighted by Crippen LogP contribution is 2.13. The van der Waals surface area contributed by atoms with Crippen LogP contribution in [0.15, 0.2) is 29.2 Å². The van der Waals surface area contributed by atoms with E-state index in [1.807, 2.05) is 4.90 Å². The Morgan fingerprint density at radius 1 is 1.17 bits per heavy atom. The van der Waals surface area contributed by atoms with Crippen molar-refractivity contribution in [1.29, 1.82) is 0 Å². The molecule has 0 bridgehead atoms. The van der Waals surface area contributed by atoms with Gasteiger partial charge in [0.25, 0.3) is 0 Å². The predicted octanol–water partition coefficient (Wildman–Crippen LogP) is 0.0667. The molecule has 1 amide bonds. The highest BCUT2D eigenvalue weighted by molar-refractivity contribution is 7.89. The molecule has 2 rings (SSSR count). The lowest BCUT2D eigenvalue weighted by Crippen LogP contribution is -2.44. The lowest BCUT2D eigenvalue weighted by molar-refractivity contribution is -0.123. The largest absolute Gasteiger partial charge is 0.379 e. The van der Waals surface area contributed by atoms with Gasteiger partial charge in [0, 0.05) is 31.2 Å². The van der Waals surface area contributed by atoms with E-state index in [0.29, 0.717) is 24.8 Å². The van der Waals surface area contributed by atoms with E-state index in [1.54, 1.807) is 0 Å². The van der Waals surface area contributed by atoms with Crippen LogP contribution in [-0.4, -0.2) is 65.2 Å². The van der Waals surface area contributed by atoms with Gasteiger partial charge >= 0.3 is 0 Å². The first-order valence-corrected chi connectivity index (χ1v) is 9.15. The van der Waals surface area contributed by atoms with Crippen molar-refractivity contribution in [3.63, 3.8) is 0 Å². The molecule has 0 radical (unpaired) electrons. The summed E-state index contributed by atoms with van der Waals surface area (Å²) in [6.07, 6.45) is 0. The van der Waals surface area contributed by atoms with Crippen LogP contribution in [0.5, 0.6) is 0 Å². The van der Waals surface area contributed by atoms with Crippen LogP contribution in [0.25, 0.3) is 0 Å². The minimum Gasteiger partial charge on any atom is -0.379 e.